The standard InChI is InChI=1S/C13H16F6O7S/c14-11(27(21,22)23,12(15,16)13(17,18)19)9(20)26-8-4-1-2-5-10(8)24-6-3-7-25-10/h8H,1-7H2,(H,21,22,23). The minimum Gasteiger partial charge on any atom is -0.453 e. The highest BCUT2D eigenvalue weighted by molar-refractivity contribution is 7.88. The number of carbonyl (C=O) groups excluding carboxylic acids is 1. The maximum atomic E-state index is 14.4. The molecule has 1 saturated carbocycles. The van der Waals surface area contributed by atoms with Gasteiger partial charge in [-0.05, 0) is 25.7 Å². The third kappa shape index (κ3) is 3.63. The van der Waals surface area contributed by atoms with Crippen molar-refractivity contribution >= 4 is 16.1 Å². The zero-order valence-corrected chi connectivity index (χ0v) is 14.4. The summed E-state index contributed by atoms with van der Waals surface area (Å²) in [6.07, 6.45) is -7.36. The molecular formula is C13H16F6O7S. The molecule has 2 fully saturated rings. The van der Waals surface area contributed by atoms with E-state index in [1.54, 1.807) is 0 Å². The molecule has 0 aromatic carbocycles. The number of rotatable bonds is 4. The molecule has 14 heteroatoms. The summed E-state index contributed by atoms with van der Waals surface area (Å²) in [6, 6.07) is 0. The van der Waals surface area contributed by atoms with E-state index in [-0.39, 0.29) is 26.1 Å². The molecule has 2 aliphatic rings. The van der Waals surface area contributed by atoms with E-state index in [9.17, 15) is 39.6 Å². The Bertz CT molecular complexity index is 665. The molecule has 7 nitrogen and oxygen atoms in total. The van der Waals surface area contributed by atoms with Crippen molar-refractivity contribution in [2.45, 2.75) is 61.1 Å². The fourth-order valence-corrected chi connectivity index (χ4v) is 3.63. The fourth-order valence-electron chi connectivity index (χ4n) is 2.93. The second-order valence-electron chi connectivity index (χ2n) is 6.14. The first-order valence-electron chi connectivity index (χ1n) is 7.78. The van der Waals surface area contributed by atoms with E-state index >= 15 is 0 Å². The van der Waals surface area contributed by atoms with E-state index in [1.807, 2.05) is 0 Å². The second-order valence-corrected chi connectivity index (χ2v) is 7.66. The Morgan fingerprint density at radius 2 is 1.59 bits per heavy atom. The molecule has 1 N–H and O–H groups in total. The predicted octanol–water partition coefficient (Wildman–Crippen LogP) is 2.36. The molecule has 0 amide bonds. The summed E-state index contributed by atoms with van der Waals surface area (Å²) >= 11 is 0. The normalized spacial score (nSPS) is 26.4. The van der Waals surface area contributed by atoms with Gasteiger partial charge in [-0.15, -0.1) is 0 Å². The molecule has 1 aliphatic carbocycles. The zero-order valence-electron chi connectivity index (χ0n) is 13.6. The van der Waals surface area contributed by atoms with Gasteiger partial charge in [0.15, 0.2) is 6.10 Å². The number of esters is 1. The first-order valence-corrected chi connectivity index (χ1v) is 9.22. The van der Waals surface area contributed by atoms with Crippen LogP contribution in [0.15, 0.2) is 0 Å². The molecule has 0 radical (unpaired) electrons. The topological polar surface area (TPSA) is 99.1 Å². The van der Waals surface area contributed by atoms with Gasteiger partial charge in [-0.25, -0.2) is 9.18 Å². The first kappa shape index (κ1) is 22.2. The third-order valence-corrected chi connectivity index (χ3v) is 5.47. The Morgan fingerprint density at radius 1 is 1.04 bits per heavy atom. The lowest BCUT2D eigenvalue weighted by Gasteiger charge is -2.45. The Labute approximate surface area is 149 Å². The van der Waals surface area contributed by atoms with Gasteiger partial charge in [0.05, 0.1) is 13.2 Å². The number of alkyl halides is 6. The summed E-state index contributed by atoms with van der Waals surface area (Å²) < 4.78 is 125. The molecule has 1 heterocycles. The predicted molar refractivity (Wildman–Crippen MR) is 74.0 cm³/mol. The van der Waals surface area contributed by atoms with Crippen LogP contribution in [0.1, 0.15) is 32.1 Å². The van der Waals surface area contributed by atoms with Crippen molar-refractivity contribution in [3.8, 4) is 0 Å². The monoisotopic (exact) mass is 430 g/mol. The molecule has 2 rings (SSSR count). The smallest absolute Gasteiger partial charge is 0.453 e. The average molecular weight is 430 g/mol. The number of hydrogen-bond donors (Lipinski definition) is 1. The van der Waals surface area contributed by atoms with Gasteiger partial charge >= 0.3 is 33.2 Å². The van der Waals surface area contributed by atoms with E-state index in [4.69, 9.17) is 14.0 Å². The highest BCUT2D eigenvalue weighted by Crippen LogP contribution is 2.49. The van der Waals surface area contributed by atoms with Gasteiger partial charge in [-0.3, -0.25) is 4.55 Å². The highest BCUT2D eigenvalue weighted by Gasteiger charge is 2.82. The van der Waals surface area contributed by atoms with E-state index in [0.717, 1.165) is 0 Å². The molecule has 0 aromatic rings. The molecule has 1 aliphatic heterocycles. The van der Waals surface area contributed by atoms with Crippen LogP contribution < -0.4 is 0 Å². The van der Waals surface area contributed by atoms with E-state index < -0.39 is 45.1 Å². The molecular weight excluding hydrogens is 414 g/mol. The van der Waals surface area contributed by atoms with Crippen molar-refractivity contribution < 1.29 is 58.3 Å². The average Bonchev–Trinajstić information content (AvgIpc) is 2.54. The molecule has 0 aromatic heterocycles. The minimum atomic E-state index is -6.89. The van der Waals surface area contributed by atoms with Crippen molar-refractivity contribution in [2.75, 3.05) is 13.2 Å². The molecule has 1 saturated heterocycles. The van der Waals surface area contributed by atoms with Gasteiger partial charge in [0, 0.05) is 6.42 Å². The summed E-state index contributed by atoms with van der Waals surface area (Å²) in [4.78, 5) is 11.9. The maximum Gasteiger partial charge on any atom is 0.458 e. The van der Waals surface area contributed by atoms with Crippen molar-refractivity contribution in [1.29, 1.82) is 0 Å². The van der Waals surface area contributed by atoms with Gasteiger partial charge < -0.3 is 14.2 Å². The SMILES string of the molecule is O=C(OC1CCCCC12OCCCO2)C(F)(C(F)(F)C(F)(F)F)S(=O)(=O)O. The third-order valence-electron chi connectivity index (χ3n) is 4.34. The summed E-state index contributed by atoms with van der Waals surface area (Å²) in [5, 5.41) is -6.09. The summed E-state index contributed by atoms with van der Waals surface area (Å²) in [5.74, 6) is -11.6. The molecule has 1 spiro atoms. The largest absolute Gasteiger partial charge is 0.458 e. The van der Waals surface area contributed by atoms with Crippen LogP contribution in [-0.4, -0.2) is 61.1 Å². The van der Waals surface area contributed by atoms with Crippen LogP contribution in [0.4, 0.5) is 26.3 Å². The van der Waals surface area contributed by atoms with Crippen molar-refractivity contribution in [3.63, 3.8) is 0 Å². The Balaban J connectivity index is 2.39. The van der Waals surface area contributed by atoms with Crippen molar-refractivity contribution in [3.05, 3.63) is 0 Å². The zero-order chi connectivity index (χ0) is 20.7. The van der Waals surface area contributed by atoms with Crippen molar-refractivity contribution in [2.24, 2.45) is 0 Å². The van der Waals surface area contributed by atoms with Gasteiger partial charge in [-0.2, -0.15) is 30.4 Å². The van der Waals surface area contributed by atoms with Crippen LogP contribution in [0, 0.1) is 0 Å². The van der Waals surface area contributed by atoms with Gasteiger partial charge in [0.2, 0.25) is 5.79 Å². The van der Waals surface area contributed by atoms with Gasteiger partial charge in [-0.1, -0.05) is 0 Å². The van der Waals surface area contributed by atoms with Crippen LogP contribution >= 0.6 is 0 Å². The first-order chi connectivity index (χ1) is 12.2. The highest BCUT2D eigenvalue weighted by atomic mass is 32.2. The van der Waals surface area contributed by atoms with Crippen LogP contribution in [0.25, 0.3) is 0 Å². The number of carbonyl (C=O) groups is 1. The minimum absolute atomic E-state index is 0.0613. The fraction of sp³-hybridized carbons (Fsp3) is 0.923. The Morgan fingerprint density at radius 3 is 2.07 bits per heavy atom. The summed E-state index contributed by atoms with van der Waals surface area (Å²) in [5.41, 5.74) is 0. The summed E-state index contributed by atoms with van der Waals surface area (Å²) in [6.45, 7) is 0.178. The lowest BCUT2D eigenvalue weighted by Crippen LogP contribution is -2.65. The lowest BCUT2D eigenvalue weighted by atomic mass is 9.90. The van der Waals surface area contributed by atoms with Gasteiger partial charge in [0.1, 0.15) is 0 Å². The van der Waals surface area contributed by atoms with Crippen LogP contribution in [0.3, 0.4) is 0 Å². The molecule has 27 heavy (non-hydrogen) atoms. The van der Waals surface area contributed by atoms with E-state index in [1.165, 1.54) is 0 Å². The molecule has 0 bridgehead atoms. The molecule has 2 unspecified atom stereocenters. The number of halogens is 6. The van der Waals surface area contributed by atoms with Crippen LogP contribution in [0.5, 0.6) is 0 Å². The van der Waals surface area contributed by atoms with Crippen LogP contribution in [0.2, 0.25) is 0 Å². The van der Waals surface area contributed by atoms with Crippen LogP contribution in [-0.2, 0) is 29.1 Å². The van der Waals surface area contributed by atoms with Gasteiger partial charge in [0.25, 0.3) is 0 Å². The number of ether oxygens (including phenoxy) is 3. The van der Waals surface area contributed by atoms with Crippen molar-refractivity contribution in [1.82, 2.24) is 0 Å². The second kappa shape index (κ2) is 7.04. The Hall–Kier alpha value is -1.12. The quantitative estimate of drug-likeness (QED) is 0.415. The van der Waals surface area contributed by atoms with E-state index in [2.05, 4.69) is 4.74 Å². The summed E-state index contributed by atoms with van der Waals surface area (Å²) in [7, 11) is -6.89. The molecule has 158 valence electrons. The Kier molecular flexibility index (Phi) is 5.78. The molecule has 2 atom stereocenters. The maximum absolute atomic E-state index is 14.4. The lowest BCUT2D eigenvalue weighted by molar-refractivity contribution is -0.330. The van der Waals surface area contributed by atoms with E-state index in [0.29, 0.717) is 19.3 Å². The number of hydrogen-bond acceptors (Lipinski definition) is 6.